The van der Waals surface area contributed by atoms with Gasteiger partial charge in [-0.05, 0) is 31.9 Å². The molecule has 2 fully saturated rings. The normalized spacial score (nSPS) is 22.4. The van der Waals surface area contributed by atoms with E-state index < -0.39 is 11.7 Å². The number of anilines is 1. The molecule has 1 unspecified atom stereocenters. The lowest BCUT2D eigenvalue weighted by atomic mass is 9.87. The van der Waals surface area contributed by atoms with Crippen molar-refractivity contribution in [3.8, 4) is 0 Å². The van der Waals surface area contributed by atoms with E-state index in [1.807, 2.05) is 6.92 Å². The number of aliphatic imine (C=N–C) groups is 1. The van der Waals surface area contributed by atoms with E-state index in [4.69, 9.17) is 4.74 Å². The first-order valence-electron chi connectivity index (χ1n) is 9.31. The molecule has 1 aromatic heterocycles. The molecule has 2 aliphatic rings. The molecule has 6 nitrogen and oxygen atoms in total. The van der Waals surface area contributed by atoms with Crippen LogP contribution in [0.15, 0.2) is 23.3 Å². The van der Waals surface area contributed by atoms with E-state index >= 15 is 0 Å². The van der Waals surface area contributed by atoms with Gasteiger partial charge in [-0.15, -0.1) is 24.0 Å². The number of nitrogens with one attached hydrogen (secondary N) is 2. The predicted molar refractivity (Wildman–Crippen MR) is 113 cm³/mol. The average molecular weight is 513 g/mol. The quantitative estimate of drug-likeness (QED) is 0.274. The van der Waals surface area contributed by atoms with Crippen molar-refractivity contribution in [1.29, 1.82) is 0 Å². The molecule has 0 saturated carbocycles. The smallest absolute Gasteiger partial charge is 0.381 e. The molecule has 0 amide bonds. The summed E-state index contributed by atoms with van der Waals surface area (Å²) in [5.41, 5.74) is -0.534. The monoisotopic (exact) mass is 513 g/mol. The molecule has 3 rings (SSSR count). The Labute approximate surface area is 180 Å². The summed E-state index contributed by atoms with van der Waals surface area (Å²) >= 11 is 0. The number of likely N-dealkylation sites (tertiary alicyclic amines) is 1. The van der Waals surface area contributed by atoms with Crippen molar-refractivity contribution in [2.24, 2.45) is 10.4 Å². The maximum absolute atomic E-state index is 13.0. The highest BCUT2D eigenvalue weighted by Gasteiger charge is 2.42. The van der Waals surface area contributed by atoms with Crippen LogP contribution < -0.4 is 10.6 Å². The number of guanidine groups is 1. The first-order valence-corrected chi connectivity index (χ1v) is 9.31. The molecule has 0 aliphatic carbocycles. The zero-order chi connectivity index (χ0) is 19.3. The maximum Gasteiger partial charge on any atom is 0.419 e. The summed E-state index contributed by atoms with van der Waals surface area (Å²) in [4.78, 5) is 10.6. The van der Waals surface area contributed by atoms with Gasteiger partial charge in [0, 0.05) is 44.4 Å². The fourth-order valence-electron chi connectivity index (χ4n) is 3.62. The molecule has 10 heteroatoms. The molecule has 2 aliphatic heterocycles. The first-order chi connectivity index (χ1) is 12.9. The molecular weight excluding hydrogens is 486 g/mol. The Bertz CT molecular complexity index is 665. The zero-order valence-electron chi connectivity index (χ0n) is 15.9. The van der Waals surface area contributed by atoms with E-state index in [1.54, 1.807) is 0 Å². The highest BCUT2D eigenvalue weighted by Crippen LogP contribution is 2.38. The van der Waals surface area contributed by atoms with Crippen LogP contribution in [-0.4, -0.2) is 61.8 Å². The summed E-state index contributed by atoms with van der Waals surface area (Å²) in [6.45, 7) is 6.81. The van der Waals surface area contributed by atoms with Gasteiger partial charge in [-0.2, -0.15) is 13.2 Å². The Morgan fingerprint density at radius 2 is 2.21 bits per heavy atom. The molecule has 0 bridgehead atoms. The highest BCUT2D eigenvalue weighted by atomic mass is 127. The number of alkyl halides is 3. The van der Waals surface area contributed by atoms with Gasteiger partial charge >= 0.3 is 6.18 Å². The second-order valence-electron chi connectivity index (χ2n) is 7.03. The van der Waals surface area contributed by atoms with Gasteiger partial charge in [0.05, 0.1) is 18.7 Å². The van der Waals surface area contributed by atoms with Crippen LogP contribution in [0, 0.1) is 5.41 Å². The van der Waals surface area contributed by atoms with Gasteiger partial charge in [0.2, 0.25) is 0 Å². The van der Waals surface area contributed by atoms with E-state index in [-0.39, 0.29) is 41.8 Å². The van der Waals surface area contributed by atoms with E-state index in [0.717, 1.165) is 57.7 Å². The molecule has 158 valence electrons. The standard InChI is InChI=1S/C18H26F3N5O.HI/c1-2-22-16(26-10-5-17(12-26)6-11-27-13-17)25-9-8-24-15-14(18(19,20)21)4-3-7-23-15;/h3-4,7H,2,5-6,8-13H2,1H3,(H,22,25)(H,23,24);1H. The number of aromatic nitrogens is 1. The Morgan fingerprint density at radius 1 is 1.39 bits per heavy atom. The van der Waals surface area contributed by atoms with Gasteiger partial charge < -0.3 is 20.3 Å². The van der Waals surface area contributed by atoms with Crippen LogP contribution in [0.2, 0.25) is 0 Å². The Hall–Kier alpha value is -1.30. The minimum Gasteiger partial charge on any atom is -0.381 e. The number of ether oxygens (including phenoxy) is 1. The van der Waals surface area contributed by atoms with Crippen molar-refractivity contribution < 1.29 is 17.9 Å². The van der Waals surface area contributed by atoms with Crippen LogP contribution in [0.3, 0.4) is 0 Å². The van der Waals surface area contributed by atoms with Crippen molar-refractivity contribution in [3.63, 3.8) is 0 Å². The van der Waals surface area contributed by atoms with Crippen molar-refractivity contribution in [1.82, 2.24) is 15.2 Å². The number of pyridine rings is 1. The van der Waals surface area contributed by atoms with E-state index in [2.05, 4.69) is 25.5 Å². The molecule has 0 aromatic carbocycles. The summed E-state index contributed by atoms with van der Waals surface area (Å²) in [7, 11) is 0. The number of halogens is 4. The second kappa shape index (κ2) is 9.95. The van der Waals surface area contributed by atoms with E-state index in [9.17, 15) is 13.2 Å². The lowest BCUT2D eigenvalue weighted by Gasteiger charge is -2.25. The molecule has 2 N–H and O–H groups in total. The van der Waals surface area contributed by atoms with Gasteiger partial charge in [0.25, 0.3) is 0 Å². The van der Waals surface area contributed by atoms with Crippen LogP contribution in [0.5, 0.6) is 0 Å². The summed E-state index contributed by atoms with van der Waals surface area (Å²) in [5.74, 6) is 0.647. The topological polar surface area (TPSA) is 61.8 Å². The third kappa shape index (κ3) is 5.62. The molecule has 1 spiro atoms. The molecule has 1 atom stereocenters. The molecule has 3 heterocycles. The highest BCUT2D eigenvalue weighted by molar-refractivity contribution is 14.0. The summed E-state index contributed by atoms with van der Waals surface area (Å²) in [5, 5.41) is 6.03. The Balaban J connectivity index is 0.00000280. The number of hydrogen-bond donors (Lipinski definition) is 2. The predicted octanol–water partition coefficient (Wildman–Crippen LogP) is 3.21. The molecule has 0 radical (unpaired) electrons. The van der Waals surface area contributed by atoms with Crippen molar-refractivity contribution in [2.75, 3.05) is 51.3 Å². The molecule has 28 heavy (non-hydrogen) atoms. The molecule has 2 saturated heterocycles. The van der Waals surface area contributed by atoms with Gasteiger partial charge in [0.15, 0.2) is 5.96 Å². The number of rotatable bonds is 5. The fourth-order valence-corrected chi connectivity index (χ4v) is 3.62. The van der Waals surface area contributed by atoms with Gasteiger partial charge in [-0.3, -0.25) is 4.99 Å². The Morgan fingerprint density at radius 3 is 2.89 bits per heavy atom. The van der Waals surface area contributed by atoms with Crippen LogP contribution in [0.1, 0.15) is 25.3 Å². The minimum absolute atomic E-state index is 0. The lowest BCUT2D eigenvalue weighted by Crippen LogP contribution is -2.41. The third-order valence-corrected chi connectivity index (χ3v) is 5.04. The Kier molecular flexibility index (Phi) is 8.17. The average Bonchev–Trinajstić information content (AvgIpc) is 3.27. The molecule has 1 aromatic rings. The van der Waals surface area contributed by atoms with Crippen LogP contribution in [0.4, 0.5) is 19.0 Å². The summed E-state index contributed by atoms with van der Waals surface area (Å²) in [6, 6.07) is 2.31. The van der Waals surface area contributed by atoms with Crippen LogP contribution in [0.25, 0.3) is 0 Å². The number of nitrogens with zero attached hydrogens (tertiary/aromatic N) is 3. The first kappa shape index (κ1) is 23.0. The van der Waals surface area contributed by atoms with Crippen molar-refractivity contribution in [2.45, 2.75) is 25.9 Å². The van der Waals surface area contributed by atoms with Crippen molar-refractivity contribution in [3.05, 3.63) is 23.9 Å². The largest absolute Gasteiger partial charge is 0.419 e. The summed E-state index contributed by atoms with van der Waals surface area (Å²) < 4.78 is 44.6. The second-order valence-corrected chi connectivity index (χ2v) is 7.03. The zero-order valence-corrected chi connectivity index (χ0v) is 18.2. The van der Waals surface area contributed by atoms with E-state index in [0.29, 0.717) is 6.54 Å². The summed E-state index contributed by atoms with van der Waals surface area (Å²) in [6.07, 6.45) is -0.927. The third-order valence-electron chi connectivity index (χ3n) is 5.04. The number of hydrogen-bond acceptors (Lipinski definition) is 4. The SMILES string of the molecule is CCNC(=NCCNc1ncccc1C(F)(F)F)N1CCC2(CCOC2)C1.I. The van der Waals surface area contributed by atoms with Gasteiger partial charge in [-0.25, -0.2) is 4.98 Å². The van der Waals surface area contributed by atoms with Crippen molar-refractivity contribution >= 4 is 35.8 Å². The van der Waals surface area contributed by atoms with Crippen LogP contribution >= 0.6 is 24.0 Å². The van der Waals surface area contributed by atoms with E-state index in [1.165, 1.54) is 12.3 Å². The lowest BCUT2D eigenvalue weighted by molar-refractivity contribution is -0.137. The fraction of sp³-hybridized carbons (Fsp3) is 0.667. The van der Waals surface area contributed by atoms with Gasteiger partial charge in [0.1, 0.15) is 5.82 Å². The van der Waals surface area contributed by atoms with Gasteiger partial charge in [-0.1, -0.05) is 0 Å². The maximum atomic E-state index is 13.0. The minimum atomic E-state index is -4.43. The van der Waals surface area contributed by atoms with Crippen LogP contribution in [-0.2, 0) is 10.9 Å². The molecular formula is C18H27F3IN5O.